The van der Waals surface area contributed by atoms with Crippen LogP contribution in [0.2, 0.25) is 0 Å². The van der Waals surface area contributed by atoms with Crippen molar-refractivity contribution in [1.82, 2.24) is 0 Å². The molecule has 0 aliphatic heterocycles. The second-order valence-corrected chi connectivity index (χ2v) is 2.51. The SMILES string of the molecule is O=C(CO)N(Cl)c1ccccc1. The molecule has 0 saturated heterocycles. The van der Waals surface area contributed by atoms with Gasteiger partial charge in [-0.2, -0.15) is 0 Å². The second kappa shape index (κ2) is 4.09. The van der Waals surface area contributed by atoms with Gasteiger partial charge in [0.1, 0.15) is 6.61 Å². The maximum atomic E-state index is 10.9. The molecule has 1 aromatic carbocycles. The van der Waals surface area contributed by atoms with Crippen molar-refractivity contribution in [3.05, 3.63) is 30.3 Å². The van der Waals surface area contributed by atoms with Gasteiger partial charge in [0, 0.05) is 11.8 Å². The van der Waals surface area contributed by atoms with Gasteiger partial charge < -0.3 is 5.11 Å². The van der Waals surface area contributed by atoms with Crippen molar-refractivity contribution in [2.75, 3.05) is 11.0 Å². The largest absolute Gasteiger partial charge is 0.386 e. The Morgan fingerprint density at radius 2 is 2.00 bits per heavy atom. The monoisotopic (exact) mass is 185 g/mol. The first-order valence-electron chi connectivity index (χ1n) is 3.40. The molecule has 1 N–H and O–H groups in total. The van der Waals surface area contributed by atoms with Crippen molar-refractivity contribution in [2.45, 2.75) is 0 Å². The number of hydrogen-bond donors (Lipinski definition) is 1. The Morgan fingerprint density at radius 3 is 2.50 bits per heavy atom. The molecule has 0 atom stereocenters. The average molecular weight is 186 g/mol. The molecule has 0 aliphatic carbocycles. The van der Waals surface area contributed by atoms with Crippen LogP contribution in [-0.4, -0.2) is 17.6 Å². The summed E-state index contributed by atoms with van der Waals surface area (Å²) < 4.78 is 0.889. The van der Waals surface area contributed by atoms with E-state index in [1.54, 1.807) is 24.3 Å². The van der Waals surface area contributed by atoms with Crippen molar-refractivity contribution in [1.29, 1.82) is 0 Å². The highest BCUT2D eigenvalue weighted by Crippen LogP contribution is 2.14. The van der Waals surface area contributed by atoms with E-state index in [4.69, 9.17) is 16.9 Å². The maximum Gasteiger partial charge on any atom is 0.267 e. The summed E-state index contributed by atoms with van der Waals surface area (Å²) in [5.74, 6) is -0.539. The molecule has 0 aromatic heterocycles. The number of aliphatic hydroxyl groups excluding tert-OH is 1. The molecule has 0 unspecified atom stereocenters. The Kier molecular flexibility index (Phi) is 3.08. The lowest BCUT2D eigenvalue weighted by Crippen LogP contribution is -2.23. The van der Waals surface area contributed by atoms with E-state index in [1.165, 1.54) is 0 Å². The lowest BCUT2D eigenvalue weighted by Gasteiger charge is -2.11. The smallest absolute Gasteiger partial charge is 0.267 e. The number of aliphatic hydroxyl groups is 1. The summed E-state index contributed by atoms with van der Waals surface area (Å²) in [4.78, 5) is 10.9. The number of carbonyl (C=O) groups excluding carboxylic acids is 1. The van der Waals surface area contributed by atoms with Gasteiger partial charge in [-0.1, -0.05) is 18.2 Å². The van der Waals surface area contributed by atoms with Crippen LogP contribution >= 0.6 is 11.8 Å². The van der Waals surface area contributed by atoms with E-state index in [9.17, 15) is 4.79 Å². The van der Waals surface area contributed by atoms with E-state index in [-0.39, 0.29) is 0 Å². The molecule has 0 fully saturated rings. The Labute approximate surface area is 75.3 Å². The number of hydrogen-bond acceptors (Lipinski definition) is 2. The number of para-hydroxylation sites is 1. The van der Waals surface area contributed by atoms with Crippen molar-refractivity contribution in [2.24, 2.45) is 0 Å². The Balaban J connectivity index is 2.78. The summed E-state index contributed by atoms with van der Waals surface area (Å²) in [7, 11) is 0. The zero-order chi connectivity index (χ0) is 8.97. The topological polar surface area (TPSA) is 40.5 Å². The van der Waals surface area contributed by atoms with Crippen LogP contribution in [0.15, 0.2) is 30.3 Å². The molecule has 3 nitrogen and oxygen atoms in total. The standard InChI is InChI=1S/C8H8ClNO2/c9-10(8(12)6-11)7-4-2-1-3-5-7/h1-5,11H,6H2. The summed E-state index contributed by atoms with van der Waals surface area (Å²) in [6.45, 7) is -0.585. The van der Waals surface area contributed by atoms with Crippen LogP contribution in [0.4, 0.5) is 5.69 Å². The summed E-state index contributed by atoms with van der Waals surface area (Å²) >= 11 is 5.58. The van der Waals surface area contributed by atoms with Gasteiger partial charge in [-0.05, 0) is 12.1 Å². The highest BCUT2D eigenvalue weighted by molar-refractivity contribution is 6.36. The Hall–Kier alpha value is -1.06. The number of halogens is 1. The average Bonchev–Trinajstić information content (AvgIpc) is 2.17. The van der Waals surface area contributed by atoms with Crippen LogP contribution in [-0.2, 0) is 4.79 Å². The first-order valence-corrected chi connectivity index (χ1v) is 3.74. The van der Waals surface area contributed by atoms with Gasteiger partial charge in [0.15, 0.2) is 0 Å². The lowest BCUT2D eigenvalue weighted by atomic mass is 10.3. The molecule has 1 amide bonds. The van der Waals surface area contributed by atoms with Crippen molar-refractivity contribution >= 4 is 23.4 Å². The quantitative estimate of drug-likeness (QED) is 0.703. The molecule has 1 rings (SSSR count). The Bertz CT molecular complexity index is 263. The molecule has 0 radical (unpaired) electrons. The van der Waals surface area contributed by atoms with E-state index >= 15 is 0 Å². The van der Waals surface area contributed by atoms with Crippen LogP contribution in [0.5, 0.6) is 0 Å². The lowest BCUT2D eigenvalue weighted by molar-refractivity contribution is -0.120. The minimum absolute atomic E-state index is 0.539. The number of nitrogens with zero attached hydrogens (tertiary/aromatic N) is 1. The third-order valence-electron chi connectivity index (χ3n) is 1.34. The molecule has 1 aromatic rings. The number of benzene rings is 1. The van der Waals surface area contributed by atoms with E-state index in [1.807, 2.05) is 6.07 Å². The van der Waals surface area contributed by atoms with Crippen LogP contribution in [0.1, 0.15) is 0 Å². The van der Waals surface area contributed by atoms with Gasteiger partial charge in [0.05, 0.1) is 5.69 Å². The van der Waals surface area contributed by atoms with Gasteiger partial charge in [-0.25, -0.2) is 4.42 Å². The van der Waals surface area contributed by atoms with Gasteiger partial charge in [-0.15, -0.1) is 0 Å². The summed E-state index contributed by atoms with van der Waals surface area (Å²) in [5, 5.41) is 8.49. The predicted molar refractivity (Wildman–Crippen MR) is 46.9 cm³/mol. The van der Waals surface area contributed by atoms with Gasteiger partial charge in [-0.3, -0.25) is 4.79 Å². The highest BCUT2D eigenvalue weighted by atomic mass is 35.5. The predicted octanol–water partition coefficient (Wildman–Crippen LogP) is 1.17. The van der Waals surface area contributed by atoms with E-state index < -0.39 is 12.5 Å². The van der Waals surface area contributed by atoms with E-state index in [0.717, 1.165) is 4.42 Å². The number of rotatable bonds is 2. The third-order valence-corrected chi connectivity index (χ3v) is 1.72. The molecule has 0 aliphatic rings. The number of anilines is 1. The van der Waals surface area contributed by atoms with Crippen molar-refractivity contribution in [3.63, 3.8) is 0 Å². The van der Waals surface area contributed by atoms with Gasteiger partial charge >= 0.3 is 0 Å². The molecular formula is C8H8ClNO2. The normalized spacial score (nSPS) is 9.50. The van der Waals surface area contributed by atoms with Gasteiger partial charge in [0.25, 0.3) is 5.91 Å². The second-order valence-electron chi connectivity index (χ2n) is 2.17. The number of carbonyl (C=O) groups is 1. The van der Waals surface area contributed by atoms with Crippen LogP contribution in [0.3, 0.4) is 0 Å². The fraction of sp³-hybridized carbons (Fsp3) is 0.125. The fourth-order valence-corrected chi connectivity index (χ4v) is 0.931. The molecule has 0 bridgehead atoms. The maximum absolute atomic E-state index is 10.9. The first-order chi connectivity index (χ1) is 5.75. The number of amides is 1. The minimum Gasteiger partial charge on any atom is -0.386 e. The highest BCUT2D eigenvalue weighted by Gasteiger charge is 2.10. The Morgan fingerprint density at radius 1 is 1.42 bits per heavy atom. The zero-order valence-corrected chi connectivity index (χ0v) is 7.03. The molecule has 4 heteroatoms. The molecule has 12 heavy (non-hydrogen) atoms. The van der Waals surface area contributed by atoms with Crippen LogP contribution in [0, 0.1) is 0 Å². The molecule has 0 heterocycles. The zero-order valence-electron chi connectivity index (χ0n) is 6.27. The first kappa shape index (κ1) is 9.03. The fourth-order valence-electron chi connectivity index (χ4n) is 0.765. The van der Waals surface area contributed by atoms with Crippen molar-refractivity contribution < 1.29 is 9.90 Å². The van der Waals surface area contributed by atoms with Crippen LogP contribution < -0.4 is 4.42 Å². The molecule has 64 valence electrons. The summed E-state index contributed by atoms with van der Waals surface area (Å²) in [6, 6.07) is 8.70. The van der Waals surface area contributed by atoms with E-state index in [2.05, 4.69) is 0 Å². The molecule has 0 saturated carbocycles. The van der Waals surface area contributed by atoms with E-state index in [0.29, 0.717) is 5.69 Å². The molecule has 0 spiro atoms. The third kappa shape index (κ3) is 1.96. The van der Waals surface area contributed by atoms with Crippen LogP contribution in [0.25, 0.3) is 0 Å². The van der Waals surface area contributed by atoms with Crippen molar-refractivity contribution in [3.8, 4) is 0 Å². The minimum atomic E-state index is -0.585. The van der Waals surface area contributed by atoms with Gasteiger partial charge in [0.2, 0.25) is 0 Å². The molecular weight excluding hydrogens is 178 g/mol. The summed E-state index contributed by atoms with van der Waals surface area (Å²) in [5.41, 5.74) is 0.554. The summed E-state index contributed by atoms with van der Waals surface area (Å²) in [6.07, 6.45) is 0.